The second kappa shape index (κ2) is 4.74. The van der Waals surface area contributed by atoms with E-state index >= 15 is 0 Å². The van der Waals surface area contributed by atoms with Crippen molar-refractivity contribution in [1.82, 2.24) is 0 Å². The molecule has 1 aliphatic rings. The first-order valence-electron chi connectivity index (χ1n) is 5.31. The van der Waals surface area contributed by atoms with Crippen molar-refractivity contribution >= 4 is 23.8 Å². The fourth-order valence-electron chi connectivity index (χ4n) is 1.74. The number of thioether (sulfide) groups is 1. The molecule has 1 unspecified atom stereocenters. The molecule has 1 aliphatic heterocycles. The SMILES string of the molecule is CCOC(=O)C1SC=Cc2cc(C)ccc21. The van der Waals surface area contributed by atoms with Gasteiger partial charge >= 0.3 is 5.97 Å². The second-order valence-electron chi connectivity index (χ2n) is 3.70. The predicted octanol–water partition coefficient (Wildman–Crippen LogP) is 3.32. The molecule has 0 fully saturated rings. The summed E-state index contributed by atoms with van der Waals surface area (Å²) in [5, 5.41) is 1.75. The van der Waals surface area contributed by atoms with Crippen molar-refractivity contribution in [3.63, 3.8) is 0 Å². The third-order valence-electron chi connectivity index (χ3n) is 2.49. The van der Waals surface area contributed by atoms with Crippen LogP contribution < -0.4 is 0 Å². The molecule has 84 valence electrons. The van der Waals surface area contributed by atoms with Crippen LogP contribution in [0, 0.1) is 6.92 Å². The number of ether oxygens (including phenoxy) is 1. The molecule has 1 aromatic rings. The maximum Gasteiger partial charge on any atom is 0.323 e. The number of benzene rings is 1. The molecular formula is C13H14O2S. The predicted molar refractivity (Wildman–Crippen MR) is 67.2 cm³/mol. The molecule has 0 spiro atoms. The second-order valence-corrected chi connectivity index (χ2v) is 4.72. The van der Waals surface area contributed by atoms with Gasteiger partial charge in [-0.25, -0.2) is 0 Å². The number of esters is 1. The van der Waals surface area contributed by atoms with E-state index in [1.165, 1.54) is 17.3 Å². The van der Waals surface area contributed by atoms with Crippen molar-refractivity contribution in [2.45, 2.75) is 19.1 Å². The number of carbonyl (C=O) groups excluding carboxylic acids is 1. The molecule has 0 radical (unpaired) electrons. The van der Waals surface area contributed by atoms with Crippen LogP contribution in [0.3, 0.4) is 0 Å². The lowest BCUT2D eigenvalue weighted by molar-refractivity contribution is -0.142. The van der Waals surface area contributed by atoms with Crippen LogP contribution in [0.25, 0.3) is 6.08 Å². The van der Waals surface area contributed by atoms with Gasteiger partial charge in [0.1, 0.15) is 5.25 Å². The molecule has 0 N–H and O–H groups in total. The summed E-state index contributed by atoms with van der Waals surface area (Å²) in [5.41, 5.74) is 3.38. The van der Waals surface area contributed by atoms with Gasteiger partial charge in [0, 0.05) is 0 Å². The average molecular weight is 234 g/mol. The summed E-state index contributed by atoms with van der Waals surface area (Å²) in [7, 11) is 0. The molecule has 0 amide bonds. The number of aryl methyl sites for hydroxylation is 1. The zero-order valence-corrected chi connectivity index (χ0v) is 10.2. The molecule has 1 atom stereocenters. The Morgan fingerprint density at radius 3 is 3.06 bits per heavy atom. The summed E-state index contributed by atoms with van der Waals surface area (Å²) < 4.78 is 5.07. The number of carbonyl (C=O) groups is 1. The standard InChI is InChI=1S/C13H14O2S/c1-3-15-13(14)12-11-5-4-9(2)8-10(11)6-7-16-12/h4-8,12H,3H2,1-2H3. The molecule has 0 aromatic heterocycles. The molecule has 1 aromatic carbocycles. The van der Waals surface area contributed by atoms with Crippen molar-refractivity contribution in [1.29, 1.82) is 0 Å². The van der Waals surface area contributed by atoms with Gasteiger partial charge in [-0.05, 0) is 36.5 Å². The summed E-state index contributed by atoms with van der Waals surface area (Å²) >= 11 is 1.50. The van der Waals surface area contributed by atoms with Crippen LogP contribution in [-0.4, -0.2) is 12.6 Å². The van der Waals surface area contributed by atoms with Crippen LogP contribution in [0.4, 0.5) is 0 Å². The first-order valence-corrected chi connectivity index (χ1v) is 6.26. The largest absolute Gasteiger partial charge is 0.465 e. The molecule has 0 bridgehead atoms. The van der Waals surface area contributed by atoms with Gasteiger partial charge < -0.3 is 4.74 Å². The first kappa shape index (κ1) is 11.3. The Bertz CT molecular complexity index is 438. The van der Waals surface area contributed by atoms with Crippen molar-refractivity contribution in [2.24, 2.45) is 0 Å². The molecule has 0 aliphatic carbocycles. The summed E-state index contributed by atoms with van der Waals surface area (Å²) in [5.74, 6) is -0.151. The van der Waals surface area contributed by atoms with E-state index in [1.807, 2.05) is 30.5 Å². The molecule has 2 rings (SSSR count). The first-order chi connectivity index (χ1) is 7.72. The maximum absolute atomic E-state index is 11.8. The van der Waals surface area contributed by atoms with Gasteiger partial charge in [0.15, 0.2) is 0 Å². The van der Waals surface area contributed by atoms with Gasteiger partial charge in [0.25, 0.3) is 0 Å². The highest BCUT2D eigenvalue weighted by atomic mass is 32.2. The van der Waals surface area contributed by atoms with E-state index in [9.17, 15) is 4.79 Å². The van der Waals surface area contributed by atoms with Crippen molar-refractivity contribution in [3.05, 3.63) is 40.3 Å². The van der Waals surface area contributed by atoms with Gasteiger partial charge in [-0.1, -0.05) is 23.8 Å². The Morgan fingerprint density at radius 1 is 1.50 bits per heavy atom. The van der Waals surface area contributed by atoms with Gasteiger partial charge in [0.2, 0.25) is 0 Å². The molecule has 16 heavy (non-hydrogen) atoms. The van der Waals surface area contributed by atoms with Crippen molar-refractivity contribution in [3.8, 4) is 0 Å². The van der Waals surface area contributed by atoms with Gasteiger partial charge in [-0.2, -0.15) is 0 Å². The molecule has 0 saturated heterocycles. The van der Waals surface area contributed by atoms with Crippen molar-refractivity contribution in [2.75, 3.05) is 6.61 Å². The lowest BCUT2D eigenvalue weighted by Gasteiger charge is -2.19. The third kappa shape index (κ3) is 2.14. The van der Waals surface area contributed by atoms with E-state index in [4.69, 9.17) is 4.74 Å². The van der Waals surface area contributed by atoms with Crippen LogP contribution in [-0.2, 0) is 9.53 Å². The van der Waals surface area contributed by atoms with E-state index < -0.39 is 0 Å². The molecule has 0 saturated carbocycles. The van der Waals surface area contributed by atoms with E-state index in [1.54, 1.807) is 0 Å². The average Bonchev–Trinajstić information content (AvgIpc) is 2.28. The van der Waals surface area contributed by atoms with Gasteiger partial charge in [-0.15, -0.1) is 11.8 Å². The summed E-state index contributed by atoms with van der Waals surface area (Å²) in [6.45, 7) is 4.31. The quantitative estimate of drug-likeness (QED) is 0.734. The minimum Gasteiger partial charge on any atom is -0.465 e. The van der Waals surface area contributed by atoms with Gasteiger partial charge in [0.05, 0.1) is 6.61 Å². The van der Waals surface area contributed by atoms with Crippen LogP contribution in [0.1, 0.15) is 28.9 Å². The smallest absolute Gasteiger partial charge is 0.323 e. The Morgan fingerprint density at radius 2 is 2.31 bits per heavy atom. The normalized spacial score (nSPS) is 18.0. The van der Waals surface area contributed by atoms with Crippen LogP contribution >= 0.6 is 11.8 Å². The van der Waals surface area contributed by atoms with Crippen LogP contribution in [0.5, 0.6) is 0 Å². The minimum atomic E-state index is -0.208. The monoisotopic (exact) mass is 234 g/mol. The highest BCUT2D eigenvalue weighted by Gasteiger charge is 2.25. The van der Waals surface area contributed by atoms with E-state index in [2.05, 4.69) is 13.0 Å². The summed E-state index contributed by atoms with van der Waals surface area (Å²) in [6.07, 6.45) is 2.04. The van der Waals surface area contributed by atoms with Crippen LogP contribution in [0.15, 0.2) is 23.6 Å². The Hall–Kier alpha value is -1.22. The summed E-state index contributed by atoms with van der Waals surface area (Å²) in [4.78, 5) is 11.8. The van der Waals surface area contributed by atoms with E-state index in [0.717, 1.165) is 11.1 Å². The summed E-state index contributed by atoms with van der Waals surface area (Å²) in [6, 6.07) is 6.14. The fraction of sp³-hybridized carbons (Fsp3) is 0.308. The van der Waals surface area contributed by atoms with Crippen LogP contribution in [0.2, 0.25) is 0 Å². The highest BCUT2D eigenvalue weighted by Crippen LogP contribution is 2.38. The Labute approximate surface area is 99.7 Å². The highest BCUT2D eigenvalue weighted by molar-refractivity contribution is 8.03. The van der Waals surface area contributed by atoms with Gasteiger partial charge in [-0.3, -0.25) is 4.79 Å². The molecule has 1 heterocycles. The number of fused-ring (bicyclic) bond motifs is 1. The number of rotatable bonds is 2. The maximum atomic E-state index is 11.8. The number of hydrogen-bond donors (Lipinski definition) is 0. The topological polar surface area (TPSA) is 26.3 Å². The zero-order chi connectivity index (χ0) is 11.5. The Kier molecular flexibility index (Phi) is 3.34. The molecule has 3 heteroatoms. The fourth-order valence-corrected chi connectivity index (χ4v) is 2.66. The lowest BCUT2D eigenvalue weighted by atomic mass is 10.0. The lowest BCUT2D eigenvalue weighted by Crippen LogP contribution is -2.15. The molecular weight excluding hydrogens is 220 g/mol. The Balaban J connectivity index is 2.33. The molecule has 2 nitrogen and oxygen atoms in total. The zero-order valence-electron chi connectivity index (χ0n) is 9.40. The number of hydrogen-bond acceptors (Lipinski definition) is 3. The van der Waals surface area contributed by atoms with E-state index in [-0.39, 0.29) is 11.2 Å². The van der Waals surface area contributed by atoms with Crippen molar-refractivity contribution < 1.29 is 9.53 Å². The third-order valence-corrected chi connectivity index (χ3v) is 3.50. The minimum absolute atomic E-state index is 0.151. The van der Waals surface area contributed by atoms with E-state index in [0.29, 0.717) is 6.61 Å².